The number of benzene rings is 3. The van der Waals surface area contributed by atoms with Crippen LogP contribution in [0, 0.1) is 0 Å². The zero-order chi connectivity index (χ0) is 26.5. The molecule has 1 fully saturated rings. The SMILES string of the molecule is O=C(O)c1ccc(N(Cl)Cc2nc(-c3ccc(N(Cl)Cc4ccc(C5CCCCC5)cc4)cc3)cs2)cc1. The van der Waals surface area contributed by atoms with Gasteiger partial charge in [0.25, 0.3) is 0 Å². The summed E-state index contributed by atoms with van der Waals surface area (Å²) in [6, 6.07) is 23.5. The van der Waals surface area contributed by atoms with Gasteiger partial charge in [0, 0.05) is 34.5 Å². The van der Waals surface area contributed by atoms with Gasteiger partial charge in [0.2, 0.25) is 0 Å². The maximum Gasteiger partial charge on any atom is 0.335 e. The molecule has 0 bridgehead atoms. The van der Waals surface area contributed by atoms with E-state index >= 15 is 0 Å². The summed E-state index contributed by atoms with van der Waals surface area (Å²) in [5.41, 5.74) is 6.39. The molecule has 196 valence electrons. The molecule has 0 radical (unpaired) electrons. The summed E-state index contributed by atoms with van der Waals surface area (Å²) in [7, 11) is 0. The maximum absolute atomic E-state index is 11.0. The maximum atomic E-state index is 11.0. The van der Waals surface area contributed by atoms with E-state index in [-0.39, 0.29) is 5.56 Å². The lowest BCUT2D eigenvalue weighted by Crippen LogP contribution is -2.10. The zero-order valence-electron chi connectivity index (χ0n) is 20.9. The molecule has 8 heteroatoms. The van der Waals surface area contributed by atoms with E-state index in [0.29, 0.717) is 24.7 Å². The summed E-state index contributed by atoms with van der Waals surface area (Å²) < 4.78 is 3.28. The van der Waals surface area contributed by atoms with Gasteiger partial charge in [0.05, 0.1) is 35.7 Å². The normalized spacial score (nSPS) is 13.8. The van der Waals surface area contributed by atoms with Gasteiger partial charge in [-0.2, -0.15) is 0 Å². The van der Waals surface area contributed by atoms with Gasteiger partial charge >= 0.3 is 5.97 Å². The molecule has 0 unspecified atom stereocenters. The van der Waals surface area contributed by atoms with Crippen molar-refractivity contribution in [3.63, 3.8) is 0 Å². The van der Waals surface area contributed by atoms with Crippen LogP contribution in [0.5, 0.6) is 0 Å². The number of halogens is 2. The molecule has 1 aromatic heterocycles. The predicted octanol–water partition coefficient (Wildman–Crippen LogP) is 8.88. The number of anilines is 2. The van der Waals surface area contributed by atoms with Gasteiger partial charge < -0.3 is 5.11 Å². The van der Waals surface area contributed by atoms with Crippen LogP contribution in [0.2, 0.25) is 0 Å². The Labute approximate surface area is 237 Å². The van der Waals surface area contributed by atoms with Crippen molar-refractivity contribution in [2.75, 3.05) is 8.84 Å². The van der Waals surface area contributed by atoms with Crippen LogP contribution in [0.3, 0.4) is 0 Å². The summed E-state index contributed by atoms with van der Waals surface area (Å²) in [6.45, 7) is 1.04. The first kappa shape index (κ1) is 26.5. The van der Waals surface area contributed by atoms with E-state index in [2.05, 4.69) is 24.3 Å². The molecule has 0 atom stereocenters. The molecule has 1 heterocycles. The molecule has 1 saturated carbocycles. The third-order valence-electron chi connectivity index (χ3n) is 7.04. The Bertz CT molecular complexity index is 1350. The lowest BCUT2D eigenvalue weighted by molar-refractivity contribution is 0.0697. The van der Waals surface area contributed by atoms with Crippen molar-refractivity contribution in [1.29, 1.82) is 0 Å². The smallest absolute Gasteiger partial charge is 0.335 e. The van der Waals surface area contributed by atoms with Gasteiger partial charge in [-0.1, -0.05) is 55.7 Å². The molecule has 1 aliphatic carbocycles. The van der Waals surface area contributed by atoms with Crippen LogP contribution in [-0.4, -0.2) is 16.1 Å². The molecular formula is C30H29Cl2N3O2S. The summed E-state index contributed by atoms with van der Waals surface area (Å²) >= 11 is 14.6. The summed E-state index contributed by atoms with van der Waals surface area (Å²) in [5, 5.41) is 11.9. The zero-order valence-corrected chi connectivity index (χ0v) is 23.2. The lowest BCUT2D eigenvalue weighted by atomic mass is 9.84. The third-order valence-corrected chi connectivity index (χ3v) is 8.50. The Morgan fingerprint density at radius 3 is 2.08 bits per heavy atom. The van der Waals surface area contributed by atoms with Gasteiger partial charge in [-0.15, -0.1) is 11.3 Å². The molecule has 3 aromatic carbocycles. The number of aromatic carboxylic acids is 1. The second kappa shape index (κ2) is 12.2. The van der Waals surface area contributed by atoms with E-state index in [1.807, 2.05) is 29.6 Å². The Morgan fingerprint density at radius 1 is 0.842 bits per heavy atom. The third kappa shape index (κ3) is 6.49. The fourth-order valence-electron chi connectivity index (χ4n) is 4.87. The van der Waals surface area contributed by atoms with Crippen LogP contribution in [0.25, 0.3) is 11.3 Å². The standard InChI is InChI=1S/C30H29Cl2N3O2S/c31-34(18-21-6-8-23(9-7-21)22-4-2-1-3-5-22)26-14-10-24(11-15-26)28-20-38-29(33-28)19-35(32)27-16-12-25(13-17-27)30(36)37/h6-17,20,22H,1-5,18-19H2,(H,36,37). The Kier molecular flexibility index (Phi) is 8.52. The number of nitrogens with zero attached hydrogens (tertiary/aromatic N) is 3. The van der Waals surface area contributed by atoms with Gasteiger partial charge in [-0.25, -0.2) is 9.78 Å². The van der Waals surface area contributed by atoms with Gasteiger partial charge in [0.1, 0.15) is 5.01 Å². The van der Waals surface area contributed by atoms with E-state index in [1.165, 1.54) is 71.1 Å². The second-order valence-electron chi connectivity index (χ2n) is 9.64. The largest absolute Gasteiger partial charge is 0.478 e. The van der Waals surface area contributed by atoms with Crippen LogP contribution in [0.1, 0.15) is 64.5 Å². The minimum Gasteiger partial charge on any atom is -0.478 e. The van der Waals surface area contributed by atoms with Crippen LogP contribution < -0.4 is 8.84 Å². The van der Waals surface area contributed by atoms with Crippen molar-refractivity contribution < 1.29 is 9.90 Å². The molecule has 0 amide bonds. The molecular weight excluding hydrogens is 537 g/mol. The number of carboxylic acids is 1. The predicted molar refractivity (Wildman–Crippen MR) is 157 cm³/mol. The fraction of sp³-hybridized carbons (Fsp3) is 0.267. The highest BCUT2D eigenvalue weighted by Crippen LogP contribution is 2.33. The van der Waals surface area contributed by atoms with Crippen molar-refractivity contribution >= 4 is 52.2 Å². The van der Waals surface area contributed by atoms with Gasteiger partial charge in [-0.3, -0.25) is 8.84 Å². The quantitative estimate of drug-likeness (QED) is 0.205. The number of aromatic nitrogens is 1. The fourth-order valence-corrected chi connectivity index (χ4v) is 6.21. The van der Waals surface area contributed by atoms with E-state index in [4.69, 9.17) is 33.6 Å². The van der Waals surface area contributed by atoms with Gasteiger partial charge in [-0.05, 0) is 66.3 Å². The number of rotatable bonds is 9. The van der Waals surface area contributed by atoms with Crippen LogP contribution >= 0.6 is 34.9 Å². The van der Waals surface area contributed by atoms with E-state index in [1.54, 1.807) is 16.6 Å². The topological polar surface area (TPSA) is 56.7 Å². The molecule has 0 saturated heterocycles. The molecule has 1 aliphatic rings. The summed E-state index contributed by atoms with van der Waals surface area (Å²) in [4.78, 5) is 15.8. The average Bonchev–Trinajstić information content (AvgIpc) is 3.42. The highest BCUT2D eigenvalue weighted by molar-refractivity contribution is 7.10. The second-order valence-corrected chi connectivity index (χ2v) is 11.4. The monoisotopic (exact) mass is 565 g/mol. The highest BCUT2D eigenvalue weighted by atomic mass is 35.5. The minimum absolute atomic E-state index is 0.224. The molecule has 0 spiro atoms. The van der Waals surface area contributed by atoms with E-state index in [9.17, 15) is 4.79 Å². The number of carbonyl (C=O) groups is 1. The Morgan fingerprint density at radius 2 is 1.45 bits per heavy atom. The van der Waals surface area contributed by atoms with E-state index in [0.717, 1.165) is 22.0 Å². The van der Waals surface area contributed by atoms with Crippen LogP contribution in [0.4, 0.5) is 11.4 Å². The molecule has 5 rings (SSSR count). The summed E-state index contributed by atoms with van der Waals surface area (Å²) in [6.07, 6.45) is 6.67. The average molecular weight is 567 g/mol. The van der Waals surface area contributed by atoms with Crippen molar-refractivity contribution in [2.45, 2.75) is 51.1 Å². The molecule has 5 nitrogen and oxygen atoms in total. The molecule has 38 heavy (non-hydrogen) atoms. The first-order valence-electron chi connectivity index (χ1n) is 12.8. The molecule has 1 N–H and O–H groups in total. The number of hydrogen-bond acceptors (Lipinski definition) is 5. The van der Waals surface area contributed by atoms with Crippen molar-refractivity contribution in [2.24, 2.45) is 0 Å². The van der Waals surface area contributed by atoms with E-state index < -0.39 is 5.97 Å². The van der Waals surface area contributed by atoms with Crippen LogP contribution in [0.15, 0.2) is 78.2 Å². The summed E-state index contributed by atoms with van der Waals surface area (Å²) in [5.74, 6) is -0.254. The number of carboxylic acid groups (broad SMARTS) is 1. The minimum atomic E-state index is -0.964. The first-order valence-corrected chi connectivity index (χ1v) is 14.4. The van der Waals surface area contributed by atoms with Crippen molar-refractivity contribution in [3.8, 4) is 11.3 Å². The lowest BCUT2D eigenvalue weighted by Gasteiger charge is -2.22. The Hall–Kier alpha value is -3.06. The Balaban J connectivity index is 1.18. The van der Waals surface area contributed by atoms with Gasteiger partial charge in [0.15, 0.2) is 0 Å². The van der Waals surface area contributed by atoms with Crippen LogP contribution in [-0.2, 0) is 13.1 Å². The molecule has 0 aliphatic heterocycles. The number of thiazole rings is 1. The van der Waals surface area contributed by atoms with Crippen molar-refractivity contribution in [3.05, 3.63) is 99.9 Å². The molecule has 4 aromatic rings. The van der Waals surface area contributed by atoms with Crippen molar-refractivity contribution in [1.82, 2.24) is 4.98 Å². The number of hydrogen-bond donors (Lipinski definition) is 1. The first-order chi connectivity index (χ1) is 18.5. The highest BCUT2D eigenvalue weighted by Gasteiger charge is 2.16.